The number of nitrogens with zero attached hydrogens (tertiary/aromatic N) is 2. The van der Waals surface area contributed by atoms with Gasteiger partial charge in [-0.25, -0.2) is 0 Å². The third kappa shape index (κ3) is 4.69. The van der Waals surface area contributed by atoms with Crippen molar-refractivity contribution in [3.8, 4) is 0 Å². The molecule has 6 heteroatoms. The number of halogens is 1. The predicted octanol–water partition coefficient (Wildman–Crippen LogP) is 1.08. The van der Waals surface area contributed by atoms with E-state index in [1.165, 1.54) is 0 Å². The van der Waals surface area contributed by atoms with E-state index in [1.807, 2.05) is 14.0 Å². The second kappa shape index (κ2) is 8.54. The summed E-state index contributed by atoms with van der Waals surface area (Å²) in [6, 6.07) is 0. The van der Waals surface area contributed by atoms with Crippen LogP contribution in [0.1, 0.15) is 19.8 Å². The third-order valence-electron chi connectivity index (χ3n) is 2.78. The first-order valence-corrected chi connectivity index (χ1v) is 5.79. The fraction of sp³-hybridized carbons (Fsp3) is 0.818. The summed E-state index contributed by atoms with van der Waals surface area (Å²) in [5.41, 5.74) is 0. The molecule has 0 aliphatic carbocycles. The highest BCUT2D eigenvalue weighted by molar-refractivity contribution is 14.0. The van der Waals surface area contributed by atoms with Gasteiger partial charge in [-0.3, -0.25) is 9.79 Å². The van der Waals surface area contributed by atoms with Crippen LogP contribution < -0.4 is 5.32 Å². The SMILES string of the molecule is CCOC(=O)C1CCCN(C(=NC)NC)C1.I. The molecule has 1 fully saturated rings. The molecule has 0 aromatic heterocycles. The highest BCUT2D eigenvalue weighted by Crippen LogP contribution is 2.17. The normalized spacial score (nSPS) is 20.5. The summed E-state index contributed by atoms with van der Waals surface area (Å²) < 4.78 is 5.05. The van der Waals surface area contributed by atoms with Gasteiger partial charge in [-0.2, -0.15) is 0 Å². The lowest BCUT2D eigenvalue weighted by atomic mass is 9.98. The number of ether oxygens (including phenoxy) is 1. The number of aliphatic imine (C=N–C) groups is 1. The van der Waals surface area contributed by atoms with Gasteiger partial charge < -0.3 is 15.0 Å². The van der Waals surface area contributed by atoms with Crippen LogP contribution >= 0.6 is 24.0 Å². The van der Waals surface area contributed by atoms with E-state index < -0.39 is 0 Å². The van der Waals surface area contributed by atoms with Gasteiger partial charge in [0.15, 0.2) is 5.96 Å². The molecule has 0 spiro atoms. The van der Waals surface area contributed by atoms with E-state index in [2.05, 4.69) is 15.2 Å². The molecular formula is C11H22IN3O2. The molecule has 1 aliphatic heterocycles. The Labute approximate surface area is 120 Å². The van der Waals surface area contributed by atoms with Crippen LogP contribution in [-0.2, 0) is 9.53 Å². The minimum atomic E-state index is -0.0845. The van der Waals surface area contributed by atoms with Crippen molar-refractivity contribution < 1.29 is 9.53 Å². The molecule has 1 heterocycles. The number of hydrogen-bond donors (Lipinski definition) is 1. The smallest absolute Gasteiger partial charge is 0.310 e. The lowest BCUT2D eigenvalue weighted by Crippen LogP contribution is -2.47. The fourth-order valence-corrected chi connectivity index (χ4v) is 2.03. The van der Waals surface area contributed by atoms with Crippen molar-refractivity contribution in [3.05, 3.63) is 0 Å². The number of nitrogens with one attached hydrogen (secondary N) is 1. The Bertz CT molecular complexity index is 271. The number of piperidine rings is 1. The zero-order valence-corrected chi connectivity index (χ0v) is 13.1. The van der Waals surface area contributed by atoms with Crippen molar-refractivity contribution >= 4 is 35.9 Å². The van der Waals surface area contributed by atoms with E-state index in [9.17, 15) is 4.79 Å². The molecule has 1 unspecified atom stereocenters. The number of hydrogen-bond acceptors (Lipinski definition) is 3. The molecule has 1 atom stereocenters. The second-order valence-corrected chi connectivity index (χ2v) is 3.83. The van der Waals surface area contributed by atoms with Gasteiger partial charge >= 0.3 is 5.97 Å². The molecule has 100 valence electrons. The maximum atomic E-state index is 11.6. The Morgan fingerprint density at radius 1 is 1.59 bits per heavy atom. The van der Waals surface area contributed by atoms with E-state index in [0.717, 1.165) is 25.3 Å². The summed E-state index contributed by atoms with van der Waals surface area (Å²) in [6.45, 7) is 3.94. The molecule has 0 bridgehead atoms. The molecule has 17 heavy (non-hydrogen) atoms. The number of likely N-dealkylation sites (tertiary alicyclic amines) is 1. The van der Waals surface area contributed by atoms with Crippen LogP contribution in [0.2, 0.25) is 0 Å². The van der Waals surface area contributed by atoms with E-state index in [-0.39, 0.29) is 35.9 Å². The number of carbonyl (C=O) groups excluding carboxylic acids is 1. The van der Waals surface area contributed by atoms with Crippen molar-refractivity contribution in [2.24, 2.45) is 10.9 Å². The van der Waals surface area contributed by atoms with Gasteiger partial charge in [-0.1, -0.05) is 0 Å². The molecule has 0 aromatic rings. The zero-order valence-electron chi connectivity index (χ0n) is 10.7. The Morgan fingerprint density at radius 3 is 2.82 bits per heavy atom. The molecule has 1 N–H and O–H groups in total. The van der Waals surface area contributed by atoms with Crippen LogP contribution in [0.5, 0.6) is 0 Å². The fourth-order valence-electron chi connectivity index (χ4n) is 2.03. The first kappa shape index (κ1) is 16.5. The maximum Gasteiger partial charge on any atom is 0.310 e. The molecule has 1 aliphatic rings. The summed E-state index contributed by atoms with van der Waals surface area (Å²) in [4.78, 5) is 17.9. The van der Waals surface area contributed by atoms with Gasteiger partial charge in [0.2, 0.25) is 0 Å². The highest BCUT2D eigenvalue weighted by Gasteiger charge is 2.27. The van der Waals surface area contributed by atoms with Crippen LogP contribution in [-0.4, -0.2) is 50.6 Å². The quantitative estimate of drug-likeness (QED) is 0.349. The molecule has 5 nitrogen and oxygen atoms in total. The Morgan fingerprint density at radius 2 is 2.29 bits per heavy atom. The van der Waals surface area contributed by atoms with Crippen molar-refractivity contribution in [1.29, 1.82) is 0 Å². The van der Waals surface area contributed by atoms with E-state index in [4.69, 9.17) is 4.74 Å². The Kier molecular flexibility index (Phi) is 8.28. The van der Waals surface area contributed by atoms with Crippen LogP contribution in [0.3, 0.4) is 0 Å². The minimum Gasteiger partial charge on any atom is -0.466 e. The first-order chi connectivity index (χ1) is 7.72. The summed E-state index contributed by atoms with van der Waals surface area (Å²) in [5.74, 6) is 0.742. The number of carbonyl (C=O) groups is 1. The summed E-state index contributed by atoms with van der Waals surface area (Å²) in [6.07, 6.45) is 1.92. The predicted molar refractivity (Wildman–Crippen MR) is 78.8 cm³/mol. The van der Waals surface area contributed by atoms with Gasteiger partial charge in [0, 0.05) is 27.2 Å². The van der Waals surface area contributed by atoms with E-state index >= 15 is 0 Å². The molecule has 1 rings (SSSR count). The standard InChI is InChI=1S/C11H21N3O2.HI/c1-4-16-10(15)9-6-5-7-14(8-9)11(12-2)13-3;/h9H,4-8H2,1-3H3,(H,12,13);1H. The summed E-state index contributed by atoms with van der Waals surface area (Å²) in [5, 5.41) is 3.04. The topological polar surface area (TPSA) is 53.9 Å². The van der Waals surface area contributed by atoms with Gasteiger partial charge in [-0.15, -0.1) is 24.0 Å². The van der Waals surface area contributed by atoms with E-state index in [1.54, 1.807) is 7.05 Å². The molecule has 0 amide bonds. The van der Waals surface area contributed by atoms with E-state index in [0.29, 0.717) is 13.2 Å². The molecule has 0 radical (unpaired) electrons. The lowest BCUT2D eigenvalue weighted by molar-refractivity contribution is -0.149. The Hall–Kier alpha value is -0.530. The van der Waals surface area contributed by atoms with Gasteiger partial charge in [0.05, 0.1) is 12.5 Å². The monoisotopic (exact) mass is 355 g/mol. The Balaban J connectivity index is 0.00000256. The van der Waals surface area contributed by atoms with Gasteiger partial charge in [0.25, 0.3) is 0 Å². The van der Waals surface area contributed by atoms with Crippen LogP contribution in [0.4, 0.5) is 0 Å². The van der Waals surface area contributed by atoms with Crippen molar-refractivity contribution in [3.63, 3.8) is 0 Å². The molecular weight excluding hydrogens is 333 g/mol. The minimum absolute atomic E-state index is 0. The van der Waals surface area contributed by atoms with Gasteiger partial charge in [-0.05, 0) is 19.8 Å². The number of guanidine groups is 1. The van der Waals surface area contributed by atoms with Crippen molar-refractivity contribution in [2.75, 3.05) is 33.8 Å². The maximum absolute atomic E-state index is 11.6. The number of esters is 1. The highest BCUT2D eigenvalue weighted by atomic mass is 127. The summed E-state index contributed by atoms with van der Waals surface area (Å²) >= 11 is 0. The first-order valence-electron chi connectivity index (χ1n) is 5.79. The van der Waals surface area contributed by atoms with Gasteiger partial charge in [0.1, 0.15) is 0 Å². The van der Waals surface area contributed by atoms with Crippen molar-refractivity contribution in [1.82, 2.24) is 10.2 Å². The molecule has 1 saturated heterocycles. The molecule has 0 saturated carbocycles. The molecule has 0 aromatic carbocycles. The second-order valence-electron chi connectivity index (χ2n) is 3.83. The average molecular weight is 355 g/mol. The lowest BCUT2D eigenvalue weighted by Gasteiger charge is -2.33. The average Bonchev–Trinajstić information content (AvgIpc) is 2.31. The largest absolute Gasteiger partial charge is 0.466 e. The van der Waals surface area contributed by atoms with Crippen molar-refractivity contribution in [2.45, 2.75) is 19.8 Å². The summed E-state index contributed by atoms with van der Waals surface area (Å²) in [7, 11) is 3.59. The van der Waals surface area contributed by atoms with Crippen LogP contribution in [0, 0.1) is 5.92 Å². The van der Waals surface area contributed by atoms with Crippen LogP contribution in [0.25, 0.3) is 0 Å². The number of rotatable bonds is 2. The van der Waals surface area contributed by atoms with Crippen LogP contribution in [0.15, 0.2) is 4.99 Å². The zero-order chi connectivity index (χ0) is 12.0. The third-order valence-corrected chi connectivity index (χ3v) is 2.78.